The maximum atomic E-state index is 13.3. The number of benzene rings is 1. The molecule has 1 aliphatic heterocycles. The van der Waals surface area contributed by atoms with E-state index in [9.17, 15) is 13.2 Å². The normalized spacial score (nSPS) is 20.0. The van der Waals surface area contributed by atoms with Gasteiger partial charge in [-0.25, -0.2) is 8.42 Å². The number of rotatable bonds is 6. The molecule has 0 spiro atoms. The minimum atomic E-state index is -3.77. The van der Waals surface area contributed by atoms with Crippen molar-refractivity contribution in [1.82, 2.24) is 19.7 Å². The topological polar surface area (TPSA) is 95.8 Å². The summed E-state index contributed by atoms with van der Waals surface area (Å²) in [4.78, 5) is 14.9. The summed E-state index contributed by atoms with van der Waals surface area (Å²) < 4.78 is 33.4. The van der Waals surface area contributed by atoms with E-state index in [1.165, 1.54) is 15.4 Å². The van der Waals surface area contributed by atoms with Crippen molar-refractivity contribution in [2.75, 3.05) is 27.2 Å². The smallest absolute Gasteiger partial charge is 0.248 e. The van der Waals surface area contributed by atoms with Gasteiger partial charge in [0.15, 0.2) is 10.7 Å². The minimum Gasteiger partial charge on any atom is -0.383 e. The predicted octanol–water partition coefficient (Wildman–Crippen LogP) is 3.11. The molecule has 1 saturated heterocycles. The first-order valence-corrected chi connectivity index (χ1v) is 12.9. The lowest BCUT2D eigenvalue weighted by Gasteiger charge is -2.32. The highest BCUT2D eigenvalue weighted by atomic mass is 32.2. The van der Waals surface area contributed by atoms with Crippen LogP contribution in [0.1, 0.15) is 54.3 Å². The standard InChI is InChI=1S/C24H32N4O4S/c1-17-23(22(32-26-17)13-14-27(2)3)33(30,31)28-15-11-19(12-16-28)24(29)25-21-10-6-8-18-7-4-5-9-20(18)21/h4-5,7,9,13-14,19,21H,6,8,10-12,15-16H2,1-3H3,(H,25,29)/b14-13+/t21-/m1/s1. The van der Waals surface area contributed by atoms with Crippen molar-refractivity contribution in [3.05, 3.63) is 53.0 Å². The summed E-state index contributed by atoms with van der Waals surface area (Å²) in [6.07, 6.45) is 7.35. The van der Waals surface area contributed by atoms with E-state index in [2.05, 4.69) is 22.6 Å². The summed E-state index contributed by atoms with van der Waals surface area (Å²) in [5.74, 6) is 0.0452. The van der Waals surface area contributed by atoms with Crippen LogP contribution in [0.4, 0.5) is 0 Å². The van der Waals surface area contributed by atoms with E-state index < -0.39 is 10.0 Å². The fraction of sp³-hybridized carbons (Fsp3) is 0.500. The lowest BCUT2D eigenvalue weighted by molar-refractivity contribution is -0.127. The lowest BCUT2D eigenvalue weighted by atomic mass is 9.87. The maximum absolute atomic E-state index is 13.3. The number of nitrogens with one attached hydrogen (secondary N) is 1. The van der Waals surface area contributed by atoms with Crippen LogP contribution in [-0.4, -0.2) is 55.9 Å². The first-order valence-electron chi connectivity index (χ1n) is 11.5. The number of aromatic nitrogens is 1. The van der Waals surface area contributed by atoms with Crippen LogP contribution in [0.5, 0.6) is 0 Å². The molecule has 8 nitrogen and oxygen atoms in total. The van der Waals surface area contributed by atoms with Crippen LogP contribution in [0, 0.1) is 12.8 Å². The van der Waals surface area contributed by atoms with Gasteiger partial charge in [-0.2, -0.15) is 4.31 Å². The molecule has 2 heterocycles. The third-order valence-electron chi connectivity index (χ3n) is 6.47. The molecular weight excluding hydrogens is 440 g/mol. The Kier molecular flexibility index (Phi) is 6.90. The summed E-state index contributed by atoms with van der Waals surface area (Å²) in [5, 5.41) is 7.09. The molecule has 1 fully saturated rings. The number of sulfonamides is 1. The first-order chi connectivity index (χ1) is 15.8. The Balaban J connectivity index is 1.41. The van der Waals surface area contributed by atoms with Crippen molar-refractivity contribution in [3.8, 4) is 0 Å². The number of carbonyl (C=O) groups excluding carboxylic acids is 1. The summed E-state index contributed by atoms with van der Waals surface area (Å²) in [7, 11) is -0.0828. The highest BCUT2D eigenvalue weighted by Crippen LogP contribution is 2.32. The molecule has 1 N–H and O–H groups in total. The Labute approximate surface area is 195 Å². The Hall–Kier alpha value is -2.65. The SMILES string of the molecule is Cc1noc(/C=C/N(C)C)c1S(=O)(=O)N1CCC(C(=O)N[C@@H]2CCCc3ccccc32)CC1. The monoisotopic (exact) mass is 472 g/mol. The van der Waals surface area contributed by atoms with Crippen LogP contribution in [-0.2, 0) is 21.2 Å². The van der Waals surface area contributed by atoms with Gasteiger partial charge in [-0.05, 0) is 50.2 Å². The van der Waals surface area contributed by atoms with Crippen molar-refractivity contribution in [1.29, 1.82) is 0 Å². The van der Waals surface area contributed by atoms with Gasteiger partial charge in [0.1, 0.15) is 5.69 Å². The molecule has 0 radical (unpaired) electrons. The second kappa shape index (κ2) is 9.69. The number of aryl methyl sites for hydroxylation is 2. The number of nitrogens with zero attached hydrogens (tertiary/aromatic N) is 3. The molecule has 0 saturated carbocycles. The zero-order valence-electron chi connectivity index (χ0n) is 19.5. The van der Waals surface area contributed by atoms with Crippen molar-refractivity contribution in [2.24, 2.45) is 5.92 Å². The Morgan fingerprint density at radius 2 is 1.94 bits per heavy atom. The van der Waals surface area contributed by atoms with Crippen LogP contribution in [0.3, 0.4) is 0 Å². The summed E-state index contributed by atoms with van der Waals surface area (Å²) in [5.41, 5.74) is 2.85. The van der Waals surface area contributed by atoms with Crippen LogP contribution in [0.15, 0.2) is 39.9 Å². The van der Waals surface area contributed by atoms with Gasteiger partial charge < -0.3 is 14.7 Å². The van der Waals surface area contributed by atoms with Gasteiger partial charge in [0.25, 0.3) is 0 Å². The molecule has 4 rings (SSSR count). The third kappa shape index (κ3) is 4.99. The first kappa shape index (κ1) is 23.5. The van der Waals surface area contributed by atoms with Gasteiger partial charge >= 0.3 is 0 Å². The van der Waals surface area contributed by atoms with E-state index in [4.69, 9.17) is 4.52 Å². The van der Waals surface area contributed by atoms with Gasteiger partial charge in [0.05, 0.1) is 6.04 Å². The molecule has 1 aliphatic carbocycles. The van der Waals surface area contributed by atoms with Crippen LogP contribution >= 0.6 is 0 Å². The molecule has 9 heteroatoms. The van der Waals surface area contributed by atoms with Crippen LogP contribution in [0.2, 0.25) is 0 Å². The third-order valence-corrected chi connectivity index (χ3v) is 8.52. The molecule has 178 valence electrons. The average molecular weight is 473 g/mol. The lowest BCUT2D eigenvalue weighted by Crippen LogP contribution is -2.44. The van der Waals surface area contributed by atoms with Crippen molar-refractivity contribution >= 4 is 22.0 Å². The largest absolute Gasteiger partial charge is 0.383 e. The van der Waals surface area contributed by atoms with Crippen LogP contribution in [0.25, 0.3) is 6.08 Å². The Morgan fingerprint density at radius 3 is 2.67 bits per heavy atom. The summed E-state index contributed by atoms with van der Waals surface area (Å²) in [6.45, 7) is 2.22. The molecule has 0 bridgehead atoms. The maximum Gasteiger partial charge on any atom is 0.248 e. The van der Waals surface area contributed by atoms with E-state index in [-0.39, 0.29) is 28.5 Å². The van der Waals surface area contributed by atoms with E-state index in [1.54, 1.807) is 24.1 Å². The van der Waals surface area contributed by atoms with Crippen molar-refractivity contribution < 1.29 is 17.7 Å². The molecule has 1 aromatic heterocycles. The fourth-order valence-electron chi connectivity index (χ4n) is 4.70. The second-order valence-electron chi connectivity index (χ2n) is 9.07. The van der Waals surface area contributed by atoms with E-state index >= 15 is 0 Å². The molecule has 1 atom stereocenters. The van der Waals surface area contributed by atoms with Crippen molar-refractivity contribution in [2.45, 2.75) is 50.0 Å². The van der Waals surface area contributed by atoms with Gasteiger partial charge in [0.2, 0.25) is 15.9 Å². The van der Waals surface area contributed by atoms with Gasteiger partial charge in [0, 0.05) is 45.4 Å². The van der Waals surface area contributed by atoms with Gasteiger partial charge in [-0.15, -0.1) is 0 Å². The zero-order valence-corrected chi connectivity index (χ0v) is 20.3. The number of carbonyl (C=O) groups is 1. The molecule has 1 amide bonds. The quantitative estimate of drug-likeness (QED) is 0.694. The average Bonchev–Trinajstić information content (AvgIpc) is 3.19. The summed E-state index contributed by atoms with van der Waals surface area (Å²) in [6, 6.07) is 8.32. The molecule has 2 aromatic rings. The fourth-order valence-corrected chi connectivity index (χ4v) is 6.42. The number of hydrogen-bond acceptors (Lipinski definition) is 6. The molecular formula is C24H32N4O4S. The predicted molar refractivity (Wildman–Crippen MR) is 126 cm³/mol. The van der Waals surface area contributed by atoms with E-state index in [1.807, 2.05) is 26.2 Å². The molecule has 1 aromatic carbocycles. The highest BCUT2D eigenvalue weighted by Gasteiger charge is 2.36. The van der Waals surface area contributed by atoms with E-state index in [0.717, 1.165) is 19.3 Å². The number of amides is 1. The zero-order chi connectivity index (χ0) is 23.6. The molecule has 33 heavy (non-hydrogen) atoms. The minimum absolute atomic E-state index is 0.0181. The molecule has 0 unspecified atom stereocenters. The number of hydrogen-bond donors (Lipinski definition) is 1. The van der Waals surface area contributed by atoms with E-state index in [0.29, 0.717) is 31.6 Å². The Morgan fingerprint density at radius 1 is 1.21 bits per heavy atom. The Bertz CT molecular complexity index is 1130. The van der Waals surface area contributed by atoms with Crippen molar-refractivity contribution in [3.63, 3.8) is 0 Å². The van der Waals surface area contributed by atoms with Crippen LogP contribution < -0.4 is 5.32 Å². The highest BCUT2D eigenvalue weighted by molar-refractivity contribution is 7.89. The second-order valence-corrected chi connectivity index (χ2v) is 10.9. The number of piperidine rings is 1. The number of fused-ring (bicyclic) bond motifs is 1. The van der Waals surface area contributed by atoms with Gasteiger partial charge in [-0.1, -0.05) is 29.4 Å². The summed E-state index contributed by atoms with van der Waals surface area (Å²) >= 11 is 0. The molecule has 2 aliphatic rings. The van der Waals surface area contributed by atoms with Gasteiger partial charge in [-0.3, -0.25) is 4.79 Å².